The predicted molar refractivity (Wildman–Crippen MR) is 55.6 cm³/mol. The van der Waals surface area contributed by atoms with Gasteiger partial charge >= 0.3 is 12.4 Å². The van der Waals surface area contributed by atoms with E-state index in [1.807, 2.05) is 0 Å². The highest BCUT2D eigenvalue weighted by Gasteiger charge is 2.33. The maximum absolute atomic E-state index is 12.4. The second-order valence-corrected chi connectivity index (χ2v) is 3.68. The van der Waals surface area contributed by atoms with E-state index in [1.54, 1.807) is 0 Å². The molecule has 19 heavy (non-hydrogen) atoms. The smallest absolute Gasteiger partial charge is 0.341 e. The normalized spacial score (nSPS) is 12.6. The number of hydrogen-bond acceptors (Lipinski definition) is 3. The highest BCUT2D eigenvalue weighted by atomic mass is 19.4. The Morgan fingerprint density at radius 1 is 1.16 bits per heavy atom. The first kappa shape index (κ1) is 15.5. The van der Waals surface area contributed by atoms with E-state index >= 15 is 0 Å². The lowest BCUT2D eigenvalue weighted by Gasteiger charge is -2.21. The highest BCUT2D eigenvalue weighted by molar-refractivity contribution is 5.30. The van der Waals surface area contributed by atoms with Gasteiger partial charge in [0.05, 0.1) is 6.42 Å². The molecule has 0 N–H and O–H groups in total. The van der Waals surface area contributed by atoms with Crippen molar-refractivity contribution in [3.63, 3.8) is 0 Å². The first-order chi connectivity index (χ1) is 8.63. The molecule has 0 aliphatic carbocycles. The van der Waals surface area contributed by atoms with E-state index in [0.717, 1.165) is 11.1 Å². The van der Waals surface area contributed by atoms with Gasteiger partial charge in [0.15, 0.2) is 0 Å². The zero-order chi connectivity index (χ0) is 14.7. The van der Waals surface area contributed by atoms with E-state index in [0.29, 0.717) is 6.07 Å². The Morgan fingerprint density at radius 3 is 2.26 bits per heavy atom. The van der Waals surface area contributed by atoms with Crippen molar-refractivity contribution in [3.8, 4) is 0 Å². The lowest BCUT2D eigenvalue weighted by atomic mass is 10.3. The summed E-state index contributed by atoms with van der Waals surface area (Å²) < 4.78 is 73.5. The summed E-state index contributed by atoms with van der Waals surface area (Å²) in [5.41, 5.74) is -1.18. The van der Waals surface area contributed by atoms with E-state index in [1.165, 1.54) is 6.92 Å². The maximum atomic E-state index is 12.4. The first-order valence-electron chi connectivity index (χ1n) is 5.35. The standard InChI is InChI=1S/C10H11F6N3/c1-2-19(6-4-9(11,12)13)8-17-5-3-7(18-8)10(14,15)16/h3,5H,2,4,6H2,1H3. The molecule has 0 unspecified atom stereocenters. The summed E-state index contributed by atoms with van der Waals surface area (Å²) in [6.45, 7) is 1.11. The van der Waals surface area contributed by atoms with Crippen molar-refractivity contribution in [2.24, 2.45) is 0 Å². The number of rotatable bonds is 4. The van der Waals surface area contributed by atoms with Crippen LogP contribution in [-0.2, 0) is 6.18 Å². The number of anilines is 1. The van der Waals surface area contributed by atoms with Gasteiger partial charge < -0.3 is 4.90 Å². The molecule has 0 aliphatic rings. The largest absolute Gasteiger partial charge is 0.433 e. The van der Waals surface area contributed by atoms with Crippen molar-refractivity contribution < 1.29 is 26.3 Å². The summed E-state index contributed by atoms with van der Waals surface area (Å²) >= 11 is 0. The van der Waals surface area contributed by atoms with E-state index in [-0.39, 0.29) is 12.5 Å². The van der Waals surface area contributed by atoms with Gasteiger partial charge in [0.1, 0.15) is 5.69 Å². The lowest BCUT2D eigenvalue weighted by Crippen LogP contribution is -2.30. The monoisotopic (exact) mass is 287 g/mol. The van der Waals surface area contributed by atoms with Crippen molar-refractivity contribution in [2.75, 3.05) is 18.0 Å². The SMILES string of the molecule is CCN(CCC(F)(F)F)c1nccc(C(F)(F)F)n1. The second-order valence-electron chi connectivity index (χ2n) is 3.68. The number of aromatic nitrogens is 2. The van der Waals surface area contributed by atoms with Gasteiger partial charge in [0.2, 0.25) is 5.95 Å². The molecule has 1 rings (SSSR count). The van der Waals surface area contributed by atoms with Crippen LogP contribution >= 0.6 is 0 Å². The Morgan fingerprint density at radius 2 is 1.79 bits per heavy atom. The van der Waals surface area contributed by atoms with Gasteiger partial charge in [0, 0.05) is 19.3 Å². The summed E-state index contributed by atoms with van der Waals surface area (Å²) in [7, 11) is 0. The molecule has 0 radical (unpaired) electrons. The Kier molecular flexibility index (Phi) is 4.59. The van der Waals surface area contributed by atoms with Crippen LogP contribution < -0.4 is 4.90 Å². The minimum Gasteiger partial charge on any atom is -0.341 e. The molecule has 0 spiro atoms. The van der Waals surface area contributed by atoms with Gasteiger partial charge in [-0.05, 0) is 13.0 Å². The number of alkyl halides is 6. The van der Waals surface area contributed by atoms with Crippen molar-refractivity contribution in [3.05, 3.63) is 18.0 Å². The van der Waals surface area contributed by atoms with Crippen LogP contribution in [0.25, 0.3) is 0 Å². The zero-order valence-electron chi connectivity index (χ0n) is 9.89. The van der Waals surface area contributed by atoms with Crippen LogP contribution in [0, 0.1) is 0 Å². The van der Waals surface area contributed by atoms with Crippen LogP contribution in [0.5, 0.6) is 0 Å². The molecule has 9 heteroatoms. The zero-order valence-corrected chi connectivity index (χ0v) is 9.89. The van der Waals surface area contributed by atoms with E-state index in [2.05, 4.69) is 9.97 Å². The van der Waals surface area contributed by atoms with Crippen LogP contribution in [0.3, 0.4) is 0 Å². The molecule has 0 aromatic carbocycles. The molecule has 0 bridgehead atoms. The quantitative estimate of drug-likeness (QED) is 0.796. The van der Waals surface area contributed by atoms with Crippen molar-refractivity contribution in [1.82, 2.24) is 9.97 Å². The van der Waals surface area contributed by atoms with Crippen molar-refractivity contribution >= 4 is 5.95 Å². The molecule has 0 saturated heterocycles. The first-order valence-corrected chi connectivity index (χ1v) is 5.35. The third kappa shape index (κ3) is 4.92. The molecule has 0 atom stereocenters. The topological polar surface area (TPSA) is 29.0 Å². The van der Waals surface area contributed by atoms with E-state index in [9.17, 15) is 26.3 Å². The summed E-state index contributed by atoms with van der Waals surface area (Å²) in [5.74, 6) is -0.360. The molecule has 1 aromatic heterocycles. The molecular formula is C10H11F6N3. The predicted octanol–water partition coefficient (Wildman–Crippen LogP) is 3.27. The number of hydrogen-bond donors (Lipinski definition) is 0. The average molecular weight is 287 g/mol. The Hall–Kier alpha value is -1.54. The lowest BCUT2D eigenvalue weighted by molar-refractivity contribution is -0.141. The van der Waals surface area contributed by atoms with Gasteiger partial charge in [-0.15, -0.1) is 0 Å². The molecule has 1 heterocycles. The van der Waals surface area contributed by atoms with Gasteiger partial charge in [-0.1, -0.05) is 0 Å². The number of nitrogens with zero attached hydrogens (tertiary/aromatic N) is 3. The molecule has 108 valence electrons. The third-order valence-corrected chi connectivity index (χ3v) is 2.26. The third-order valence-electron chi connectivity index (χ3n) is 2.26. The Balaban J connectivity index is 2.87. The van der Waals surface area contributed by atoms with Gasteiger partial charge in [-0.25, -0.2) is 9.97 Å². The summed E-state index contributed by atoms with van der Waals surface area (Å²) in [6, 6.07) is 0.668. The molecule has 1 aromatic rings. The Bertz CT molecular complexity index is 414. The maximum Gasteiger partial charge on any atom is 0.433 e. The van der Waals surface area contributed by atoms with E-state index in [4.69, 9.17) is 0 Å². The fourth-order valence-corrected chi connectivity index (χ4v) is 1.32. The molecule has 0 fully saturated rings. The molecule has 3 nitrogen and oxygen atoms in total. The van der Waals surface area contributed by atoms with Gasteiger partial charge in [-0.2, -0.15) is 26.3 Å². The van der Waals surface area contributed by atoms with E-state index < -0.39 is 31.0 Å². The molecule has 0 amide bonds. The minimum atomic E-state index is -4.65. The fraction of sp³-hybridized carbons (Fsp3) is 0.600. The average Bonchev–Trinajstić information content (AvgIpc) is 2.27. The molecule has 0 saturated carbocycles. The summed E-state index contributed by atoms with van der Waals surface area (Å²) in [5, 5.41) is 0. The minimum absolute atomic E-state index is 0.0807. The highest BCUT2D eigenvalue weighted by Crippen LogP contribution is 2.28. The fourth-order valence-electron chi connectivity index (χ4n) is 1.32. The van der Waals surface area contributed by atoms with Gasteiger partial charge in [0.25, 0.3) is 0 Å². The van der Waals surface area contributed by atoms with Crippen LogP contribution in [-0.4, -0.2) is 29.2 Å². The van der Waals surface area contributed by atoms with Gasteiger partial charge in [-0.3, -0.25) is 0 Å². The second kappa shape index (κ2) is 5.62. The van der Waals surface area contributed by atoms with Crippen molar-refractivity contribution in [2.45, 2.75) is 25.7 Å². The summed E-state index contributed by atoms with van der Waals surface area (Å²) in [4.78, 5) is 7.85. The molecular weight excluding hydrogens is 276 g/mol. The Labute approximate surface area is 105 Å². The summed E-state index contributed by atoms with van der Waals surface area (Å²) in [6.07, 6.45) is -9.29. The van der Waals surface area contributed by atoms with Crippen LogP contribution in [0.2, 0.25) is 0 Å². The number of halogens is 6. The molecule has 0 aliphatic heterocycles. The van der Waals surface area contributed by atoms with Crippen molar-refractivity contribution in [1.29, 1.82) is 0 Å². The van der Waals surface area contributed by atoms with Crippen LogP contribution in [0.4, 0.5) is 32.3 Å². The van der Waals surface area contributed by atoms with Crippen LogP contribution in [0.15, 0.2) is 12.3 Å². The van der Waals surface area contributed by atoms with Crippen LogP contribution in [0.1, 0.15) is 19.0 Å².